The Morgan fingerprint density at radius 2 is 1.69 bits per heavy atom. The predicted octanol–water partition coefficient (Wildman–Crippen LogP) is 6.26. The summed E-state index contributed by atoms with van der Waals surface area (Å²) in [5.41, 5.74) is 0.207. The molecule has 2 aromatic carbocycles. The largest absolute Gasteiger partial charge is 0.489 e. The number of benzene rings is 2. The van der Waals surface area contributed by atoms with Crippen molar-refractivity contribution >= 4 is 38.8 Å². The van der Waals surface area contributed by atoms with E-state index in [2.05, 4.69) is 20.0 Å². The number of hydrogen-bond donors (Lipinski definition) is 2. The number of ether oxygens (including phenoxy) is 2. The molecule has 14 heteroatoms. The van der Waals surface area contributed by atoms with E-state index in [1.54, 1.807) is 51.4 Å². The van der Waals surface area contributed by atoms with E-state index in [1.165, 1.54) is 47.7 Å². The second kappa shape index (κ2) is 12.2. The molecule has 12 nitrogen and oxygen atoms in total. The van der Waals surface area contributed by atoms with Crippen molar-refractivity contribution in [3.8, 4) is 32.6 Å². The van der Waals surface area contributed by atoms with Crippen molar-refractivity contribution in [2.75, 3.05) is 5.32 Å². The second-order valence-corrected chi connectivity index (χ2v) is 13.1. The fraction of sp³-hybridized carbons (Fsp3) is 0.250. The van der Waals surface area contributed by atoms with E-state index < -0.39 is 26.6 Å². The number of anilines is 1. The highest BCUT2D eigenvalue weighted by Gasteiger charge is 2.27. The molecule has 4 rings (SSSR count). The average molecular weight is 612 g/mol. The lowest BCUT2D eigenvalue weighted by Crippen LogP contribution is -2.40. The molecule has 0 spiro atoms. The molecule has 2 aromatic heterocycles. The highest BCUT2D eigenvalue weighted by molar-refractivity contribution is 7.89. The first-order chi connectivity index (χ1) is 19.7. The monoisotopic (exact) mass is 611 g/mol. The Kier molecular flexibility index (Phi) is 8.89. The molecule has 0 atom stereocenters. The van der Waals surface area contributed by atoms with E-state index >= 15 is 0 Å². The molecule has 0 aliphatic heterocycles. The number of non-ortho nitro benzene ring substituents is 1. The Morgan fingerprint density at radius 1 is 1.00 bits per heavy atom. The Labute approximate surface area is 247 Å². The Balaban J connectivity index is 1.63. The maximum absolute atomic E-state index is 13.5. The Morgan fingerprint density at radius 3 is 2.29 bits per heavy atom. The Hall–Kier alpha value is -4.40. The van der Waals surface area contributed by atoms with Gasteiger partial charge in [-0.15, -0.1) is 11.3 Å². The first kappa shape index (κ1) is 30.6. The number of carbonyl (C=O) groups excluding carboxylic acids is 1. The molecule has 42 heavy (non-hydrogen) atoms. The van der Waals surface area contributed by atoms with Crippen molar-refractivity contribution in [3.63, 3.8) is 0 Å². The highest BCUT2D eigenvalue weighted by atomic mass is 32.2. The molecule has 2 heterocycles. The minimum Gasteiger partial charge on any atom is -0.489 e. The van der Waals surface area contributed by atoms with Crippen LogP contribution in [-0.2, 0) is 10.0 Å². The van der Waals surface area contributed by atoms with Crippen molar-refractivity contribution in [2.45, 2.75) is 51.2 Å². The summed E-state index contributed by atoms with van der Waals surface area (Å²) >= 11 is 1.27. The number of nitrogens with zero attached hydrogens (tertiary/aromatic N) is 3. The van der Waals surface area contributed by atoms with Crippen molar-refractivity contribution in [1.29, 1.82) is 0 Å². The zero-order valence-electron chi connectivity index (χ0n) is 23.4. The van der Waals surface area contributed by atoms with Gasteiger partial charge in [0.25, 0.3) is 5.69 Å². The molecular formula is C28H29N5O7S2. The molecule has 220 valence electrons. The van der Waals surface area contributed by atoms with Crippen LogP contribution < -0.4 is 19.5 Å². The van der Waals surface area contributed by atoms with Crippen molar-refractivity contribution in [3.05, 3.63) is 77.1 Å². The average Bonchev–Trinajstić information content (AvgIpc) is 3.38. The maximum atomic E-state index is 13.5. The number of pyridine rings is 1. The smallest absolute Gasteiger partial charge is 0.417 e. The van der Waals surface area contributed by atoms with E-state index in [1.807, 2.05) is 13.8 Å². The summed E-state index contributed by atoms with van der Waals surface area (Å²) in [6.45, 7) is 9.00. The second-order valence-electron chi connectivity index (χ2n) is 10.4. The number of thiazole rings is 1. The van der Waals surface area contributed by atoms with E-state index in [0.717, 1.165) is 0 Å². The van der Waals surface area contributed by atoms with Gasteiger partial charge in [-0.25, -0.2) is 27.9 Å². The molecule has 2 N–H and O–H groups in total. The normalized spacial score (nSPS) is 11.8. The van der Waals surface area contributed by atoms with Crippen LogP contribution in [-0.4, -0.2) is 41.0 Å². The summed E-state index contributed by atoms with van der Waals surface area (Å²) in [6, 6.07) is 13.0. The lowest BCUT2D eigenvalue weighted by molar-refractivity contribution is -0.384. The van der Waals surface area contributed by atoms with E-state index in [0.29, 0.717) is 26.9 Å². The minimum atomic E-state index is -4.06. The van der Waals surface area contributed by atoms with Crippen molar-refractivity contribution < 1.29 is 27.6 Å². The van der Waals surface area contributed by atoms with Crippen LogP contribution in [0.3, 0.4) is 0 Å². The summed E-state index contributed by atoms with van der Waals surface area (Å²) in [4.78, 5) is 32.2. The van der Waals surface area contributed by atoms with Crippen LogP contribution in [0.4, 0.5) is 16.2 Å². The summed E-state index contributed by atoms with van der Waals surface area (Å²) in [5, 5.41) is 13.9. The number of hydrogen-bond acceptors (Lipinski definition) is 10. The van der Waals surface area contributed by atoms with Crippen LogP contribution in [0.5, 0.6) is 11.5 Å². The molecule has 0 aliphatic rings. The quantitative estimate of drug-likeness (QED) is 0.164. The highest BCUT2D eigenvalue weighted by Crippen LogP contribution is 2.37. The van der Waals surface area contributed by atoms with Crippen molar-refractivity contribution in [1.82, 2.24) is 14.7 Å². The zero-order valence-corrected chi connectivity index (χ0v) is 25.1. The zero-order chi connectivity index (χ0) is 30.7. The molecule has 0 saturated carbocycles. The molecule has 0 bridgehead atoms. The third kappa shape index (κ3) is 7.87. The van der Waals surface area contributed by atoms with Gasteiger partial charge in [0.1, 0.15) is 16.5 Å². The summed E-state index contributed by atoms with van der Waals surface area (Å²) in [5.74, 6) is 0.703. The van der Waals surface area contributed by atoms with Gasteiger partial charge in [-0.1, -0.05) is 6.07 Å². The molecule has 0 aliphatic carbocycles. The van der Waals surface area contributed by atoms with Crippen LogP contribution in [0.15, 0.2) is 71.9 Å². The number of nitro benzene ring substituents is 1. The molecule has 0 unspecified atom stereocenters. The number of amides is 1. The molecule has 4 aromatic rings. The fourth-order valence-electron chi connectivity index (χ4n) is 3.74. The molecule has 0 fully saturated rings. The fourth-order valence-corrected chi connectivity index (χ4v) is 6.40. The van der Waals surface area contributed by atoms with E-state index in [-0.39, 0.29) is 28.1 Å². The van der Waals surface area contributed by atoms with Crippen LogP contribution in [0.2, 0.25) is 0 Å². The lowest BCUT2D eigenvalue weighted by Gasteiger charge is -2.22. The van der Waals surface area contributed by atoms with Crippen LogP contribution in [0.25, 0.3) is 21.1 Å². The lowest BCUT2D eigenvalue weighted by atomic mass is 10.1. The molecule has 0 radical (unpaired) electrons. The molecular weight excluding hydrogens is 582 g/mol. The van der Waals surface area contributed by atoms with Gasteiger partial charge >= 0.3 is 6.09 Å². The van der Waals surface area contributed by atoms with Crippen LogP contribution >= 0.6 is 11.3 Å². The number of rotatable bonds is 9. The molecule has 0 saturated heterocycles. The third-order valence-corrected chi connectivity index (χ3v) is 8.17. The summed E-state index contributed by atoms with van der Waals surface area (Å²) < 4.78 is 40.5. The Bertz CT molecular complexity index is 1700. The van der Waals surface area contributed by atoms with Gasteiger partial charge in [-0.3, -0.25) is 15.4 Å². The summed E-state index contributed by atoms with van der Waals surface area (Å²) in [6.07, 6.45) is 2.28. The van der Waals surface area contributed by atoms with Crippen molar-refractivity contribution in [2.24, 2.45) is 0 Å². The maximum Gasteiger partial charge on any atom is 0.417 e. The van der Waals surface area contributed by atoms with Gasteiger partial charge in [-0.05, 0) is 71.0 Å². The van der Waals surface area contributed by atoms with E-state index in [9.17, 15) is 23.3 Å². The van der Waals surface area contributed by atoms with Crippen LogP contribution in [0, 0.1) is 10.1 Å². The topological polar surface area (TPSA) is 163 Å². The number of carbonyl (C=O) groups is 1. The first-order valence-electron chi connectivity index (χ1n) is 12.7. The minimum absolute atomic E-state index is 0.00725. The van der Waals surface area contributed by atoms with Gasteiger partial charge < -0.3 is 9.47 Å². The number of nitro groups is 1. The SMILES string of the molecule is CC(C)Oc1ccc(-c2ncc(-c3ccc(NC(=O)Oc4ccc([N+](=O)[O-])cc4)cc3S(=O)(=O)NC(C)(C)C)s2)nc1. The van der Waals surface area contributed by atoms with Crippen LogP contribution in [0.1, 0.15) is 34.6 Å². The predicted molar refractivity (Wildman–Crippen MR) is 159 cm³/mol. The number of nitrogens with one attached hydrogen (secondary N) is 2. The standard InChI is InChI=1S/C28H29N5O7S2/c1-17(2)39-21-11-13-23(29-15-21)26-30-16-24(41-26)22-12-6-18(14-25(22)42(37,38)32-28(3,4)5)31-27(34)40-20-9-7-19(8-10-20)33(35)36/h6-17,32H,1-5H3,(H,31,34). The number of sulfonamides is 1. The van der Waals surface area contributed by atoms with Gasteiger partial charge in [0.15, 0.2) is 0 Å². The molecule has 1 amide bonds. The van der Waals surface area contributed by atoms with Gasteiger partial charge in [0.05, 0.1) is 32.7 Å². The van der Waals surface area contributed by atoms with Gasteiger partial charge in [0, 0.05) is 35.1 Å². The third-order valence-electron chi connectivity index (χ3n) is 5.31. The van der Waals surface area contributed by atoms with Gasteiger partial charge in [0.2, 0.25) is 10.0 Å². The number of aromatic nitrogens is 2. The first-order valence-corrected chi connectivity index (χ1v) is 15.0. The summed E-state index contributed by atoms with van der Waals surface area (Å²) in [7, 11) is -4.06. The van der Waals surface area contributed by atoms with E-state index in [4.69, 9.17) is 9.47 Å². The van der Waals surface area contributed by atoms with Gasteiger partial charge in [-0.2, -0.15) is 0 Å².